The van der Waals surface area contributed by atoms with Crippen LogP contribution in [0.5, 0.6) is 0 Å². The second-order valence-electron chi connectivity index (χ2n) is 9.53. The van der Waals surface area contributed by atoms with E-state index in [1.807, 2.05) is 30.5 Å². The van der Waals surface area contributed by atoms with Crippen LogP contribution in [0.15, 0.2) is 29.2 Å². The van der Waals surface area contributed by atoms with E-state index in [1.165, 1.54) is 64.2 Å². The van der Waals surface area contributed by atoms with Gasteiger partial charge in [-0.1, -0.05) is 83.3 Å². The van der Waals surface area contributed by atoms with E-state index in [4.69, 9.17) is 0 Å². The van der Waals surface area contributed by atoms with Crippen molar-refractivity contribution in [1.29, 1.82) is 0 Å². The summed E-state index contributed by atoms with van der Waals surface area (Å²) < 4.78 is 0. The summed E-state index contributed by atoms with van der Waals surface area (Å²) in [7, 11) is 0. The lowest BCUT2D eigenvalue weighted by Crippen LogP contribution is -2.53. The third kappa shape index (κ3) is 10.4. The summed E-state index contributed by atoms with van der Waals surface area (Å²) in [6.07, 6.45) is 16.2. The summed E-state index contributed by atoms with van der Waals surface area (Å²) in [6, 6.07) is 6.63. The first-order valence-electron chi connectivity index (χ1n) is 13.1. The first kappa shape index (κ1) is 28.2. The minimum atomic E-state index is -0.934. The number of aliphatic hydroxyl groups excluding tert-OH is 2. The summed E-state index contributed by atoms with van der Waals surface area (Å²) in [5.74, 6) is 0.453. The van der Waals surface area contributed by atoms with Gasteiger partial charge in [0, 0.05) is 4.90 Å². The van der Waals surface area contributed by atoms with E-state index in [-0.39, 0.29) is 18.6 Å². The fourth-order valence-electron chi connectivity index (χ4n) is 4.74. The minimum Gasteiger partial charge on any atom is -0.394 e. The number of amides is 1. The molecule has 1 aliphatic heterocycles. The van der Waals surface area contributed by atoms with Gasteiger partial charge in [-0.25, -0.2) is 0 Å². The predicted octanol–water partition coefficient (Wildman–Crippen LogP) is 5.21. The smallest absolute Gasteiger partial charge is 0.237 e. The summed E-state index contributed by atoms with van der Waals surface area (Å²) in [5.41, 5.74) is 0.701. The maximum Gasteiger partial charge on any atom is 0.237 e. The van der Waals surface area contributed by atoms with Crippen molar-refractivity contribution in [1.82, 2.24) is 10.6 Å². The van der Waals surface area contributed by atoms with E-state index in [0.29, 0.717) is 11.5 Å². The average molecular weight is 479 g/mol. The summed E-state index contributed by atoms with van der Waals surface area (Å²) in [4.78, 5) is 14.0. The fraction of sp³-hybridized carbons (Fsp3) is 0.741. The summed E-state index contributed by atoms with van der Waals surface area (Å²) in [5, 5.41) is 26.7. The van der Waals surface area contributed by atoms with Crippen LogP contribution < -0.4 is 10.6 Å². The predicted molar refractivity (Wildman–Crippen MR) is 139 cm³/mol. The second-order valence-corrected chi connectivity index (χ2v) is 10.4. The van der Waals surface area contributed by atoms with E-state index in [0.717, 1.165) is 24.3 Å². The van der Waals surface area contributed by atoms with Crippen molar-refractivity contribution in [3.05, 3.63) is 29.8 Å². The van der Waals surface area contributed by atoms with Crippen molar-refractivity contribution in [2.45, 2.75) is 107 Å². The first-order chi connectivity index (χ1) is 16.1. The van der Waals surface area contributed by atoms with Crippen LogP contribution in [0.4, 0.5) is 0 Å². The van der Waals surface area contributed by atoms with Crippen molar-refractivity contribution < 1.29 is 15.0 Å². The van der Waals surface area contributed by atoms with Crippen molar-refractivity contribution in [3.63, 3.8) is 0 Å². The Morgan fingerprint density at radius 2 is 1.73 bits per heavy atom. The Morgan fingerprint density at radius 1 is 1.09 bits per heavy atom. The molecule has 1 saturated heterocycles. The molecule has 0 bridgehead atoms. The van der Waals surface area contributed by atoms with Gasteiger partial charge >= 0.3 is 0 Å². The molecule has 33 heavy (non-hydrogen) atoms. The van der Waals surface area contributed by atoms with Crippen molar-refractivity contribution in [2.24, 2.45) is 5.92 Å². The van der Waals surface area contributed by atoms with Crippen LogP contribution in [0.2, 0.25) is 0 Å². The lowest BCUT2D eigenvalue weighted by Gasteiger charge is -2.31. The molecule has 1 fully saturated rings. The largest absolute Gasteiger partial charge is 0.394 e. The van der Waals surface area contributed by atoms with Crippen LogP contribution in [0.25, 0.3) is 0 Å². The number of unbranched alkanes of at least 4 members (excludes halogenated alkanes) is 8. The molecule has 1 amide bonds. The van der Waals surface area contributed by atoms with E-state index in [9.17, 15) is 15.0 Å². The molecule has 4 N–H and O–H groups in total. The molecule has 1 aromatic carbocycles. The highest BCUT2D eigenvalue weighted by Gasteiger charge is 2.30. The van der Waals surface area contributed by atoms with Gasteiger partial charge in [-0.2, -0.15) is 0 Å². The van der Waals surface area contributed by atoms with Gasteiger partial charge in [0.25, 0.3) is 0 Å². The van der Waals surface area contributed by atoms with Crippen LogP contribution in [-0.2, 0) is 4.79 Å². The number of piperidine rings is 1. The molecule has 6 heteroatoms. The normalized spacial score (nSPS) is 20.4. The highest BCUT2D eigenvalue weighted by atomic mass is 32.2. The average Bonchev–Trinajstić information content (AvgIpc) is 2.86. The maximum atomic E-state index is 12.9. The highest BCUT2D eigenvalue weighted by Crippen LogP contribution is 2.25. The van der Waals surface area contributed by atoms with E-state index >= 15 is 0 Å². The quantitative estimate of drug-likeness (QED) is 0.194. The Bertz CT molecular complexity index is 655. The number of hydrogen-bond acceptors (Lipinski definition) is 5. The van der Waals surface area contributed by atoms with Gasteiger partial charge in [-0.05, 0) is 49.3 Å². The Kier molecular flexibility index (Phi) is 14.1. The van der Waals surface area contributed by atoms with Gasteiger partial charge in [-0.3, -0.25) is 4.79 Å². The molecule has 0 aliphatic carbocycles. The number of thioether (sulfide) groups is 1. The number of benzene rings is 1. The van der Waals surface area contributed by atoms with Gasteiger partial charge in [-0.15, -0.1) is 11.8 Å². The van der Waals surface area contributed by atoms with Crippen LogP contribution in [0.1, 0.15) is 95.6 Å². The molecular weight excluding hydrogens is 432 g/mol. The Labute approximate surface area is 205 Å². The molecule has 2 rings (SSSR count). The molecular formula is C27H46N2O3S. The molecule has 0 radical (unpaired) electrons. The number of rotatable bonds is 16. The number of nitrogens with one attached hydrogen (secondary N) is 2. The molecule has 0 saturated carbocycles. The molecule has 0 aromatic heterocycles. The van der Waals surface area contributed by atoms with Gasteiger partial charge in [0.2, 0.25) is 5.91 Å². The molecule has 1 aliphatic rings. The monoisotopic (exact) mass is 478 g/mol. The first-order valence-corrected chi connectivity index (χ1v) is 14.3. The van der Waals surface area contributed by atoms with Crippen LogP contribution in [0.3, 0.4) is 0 Å². The molecule has 188 valence electrons. The lowest BCUT2D eigenvalue weighted by atomic mass is 9.87. The Hall–Kier alpha value is -1.08. The maximum absolute atomic E-state index is 12.9. The fourth-order valence-corrected chi connectivity index (χ4v) is 5.15. The lowest BCUT2D eigenvalue weighted by molar-refractivity contribution is -0.126. The third-order valence-corrected chi connectivity index (χ3v) is 7.65. The number of aliphatic hydroxyl groups is 2. The molecule has 0 spiro atoms. The van der Waals surface area contributed by atoms with Crippen molar-refractivity contribution in [2.75, 3.05) is 19.4 Å². The second kappa shape index (κ2) is 16.5. The SMILES string of the molecule is CCCCCCCCCCCC1CCNC(C(=O)N[C@@H](CO)[C@@H](O)c2ccc(SC)cc2)C1. The Morgan fingerprint density at radius 3 is 2.33 bits per heavy atom. The standard InChI is InChI=1S/C27H46N2O3S/c1-3-4-5-6-7-8-9-10-11-12-21-17-18-28-24(19-21)27(32)29-25(20-30)26(31)22-13-15-23(33-2)16-14-22/h13-16,21,24-26,28,30-31H,3-12,17-20H2,1-2H3,(H,29,32)/t21?,24?,25-,26-/m0/s1. The van der Waals surface area contributed by atoms with E-state index in [1.54, 1.807) is 11.8 Å². The number of hydrogen-bond donors (Lipinski definition) is 4. The van der Waals surface area contributed by atoms with Gasteiger partial charge < -0.3 is 20.8 Å². The van der Waals surface area contributed by atoms with Gasteiger partial charge in [0.15, 0.2) is 0 Å². The van der Waals surface area contributed by atoms with Gasteiger partial charge in [0.05, 0.1) is 18.7 Å². The zero-order valence-electron chi connectivity index (χ0n) is 20.7. The van der Waals surface area contributed by atoms with Crippen LogP contribution >= 0.6 is 11.8 Å². The minimum absolute atomic E-state index is 0.120. The molecule has 5 nitrogen and oxygen atoms in total. The third-order valence-electron chi connectivity index (χ3n) is 6.91. The van der Waals surface area contributed by atoms with E-state index in [2.05, 4.69) is 17.6 Å². The van der Waals surface area contributed by atoms with Crippen molar-refractivity contribution >= 4 is 17.7 Å². The number of carbonyl (C=O) groups excluding carboxylic acids is 1. The van der Waals surface area contributed by atoms with Crippen molar-refractivity contribution in [3.8, 4) is 0 Å². The molecule has 1 heterocycles. The Balaban J connectivity index is 1.70. The zero-order chi connectivity index (χ0) is 23.9. The van der Waals surface area contributed by atoms with Crippen LogP contribution in [-0.4, -0.2) is 47.6 Å². The molecule has 2 unspecified atom stereocenters. The topological polar surface area (TPSA) is 81.6 Å². The summed E-state index contributed by atoms with van der Waals surface area (Å²) >= 11 is 1.64. The summed E-state index contributed by atoms with van der Waals surface area (Å²) in [6.45, 7) is 2.81. The zero-order valence-corrected chi connectivity index (χ0v) is 21.5. The van der Waals surface area contributed by atoms with Crippen LogP contribution in [0, 0.1) is 5.92 Å². The highest BCUT2D eigenvalue weighted by molar-refractivity contribution is 7.98. The molecule has 1 aromatic rings. The number of carbonyl (C=O) groups is 1. The van der Waals surface area contributed by atoms with Gasteiger partial charge in [0.1, 0.15) is 6.10 Å². The van der Waals surface area contributed by atoms with E-state index < -0.39 is 12.1 Å². The molecule has 4 atom stereocenters.